The summed E-state index contributed by atoms with van der Waals surface area (Å²) in [6.07, 6.45) is 0. The van der Waals surface area contributed by atoms with Crippen LogP contribution in [-0.2, 0) is 4.74 Å². The van der Waals surface area contributed by atoms with Gasteiger partial charge in [-0.25, -0.2) is 0 Å². The number of nitrogens with one attached hydrogen (secondary N) is 1. The number of anilines is 1. The van der Waals surface area contributed by atoms with E-state index < -0.39 is 0 Å². The highest BCUT2D eigenvalue weighted by atomic mass is 16.5. The van der Waals surface area contributed by atoms with Crippen LogP contribution in [-0.4, -0.2) is 26.9 Å². The normalized spacial score (nSPS) is 9.86. The summed E-state index contributed by atoms with van der Waals surface area (Å²) in [5.74, 6) is 0.898. The number of hydrogen-bond donors (Lipinski definition) is 1. The number of hydrogen-bond acceptors (Lipinski definition) is 3. The predicted molar refractivity (Wildman–Crippen MR) is 58.0 cm³/mol. The zero-order valence-corrected chi connectivity index (χ0v) is 8.75. The first-order valence-electron chi connectivity index (χ1n) is 4.82. The van der Waals surface area contributed by atoms with E-state index in [9.17, 15) is 0 Å². The Labute approximate surface area is 85.0 Å². The fourth-order valence-corrected chi connectivity index (χ4v) is 1.16. The molecule has 1 aromatic rings. The van der Waals surface area contributed by atoms with Crippen molar-refractivity contribution in [3.8, 4) is 5.75 Å². The highest BCUT2D eigenvalue weighted by molar-refractivity contribution is 5.48. The molecule has 0 atom stereocenters. The summed E-state index contributed by atoms with van der Waals surface area (Å²) in [6, 6.07) is 7.92. The van der Waals surface area contributed by atoms with Crippen molar-refractivity contribution in [3.05, 3.63) is 24.3 Å². The second kappa shape index (κ2) is 6.27. The molecule has 3 heteroatoms. The molecule has 0 saturated heterocycles. The molecular weight excluding hydrogens is 178 g/mol. The van der Waals surface area contributed by atoms with Crippen LogP contribution < -0.4 is 10.1 Å². The molecule has 1 rings (SSSR count). The van der Waals surface area contributed by atoms with Crippen molar-refractivity contribution in [1.29, 1.82) is 0 Å². The molecule has 0 aliphatic rings. The average molecular weight is 195 g/mol. The van der Waals surface area contributed by atoms with Crippen LogP contribution in [0.3, 0.4) is 0 Å². The molecule has 0 radical (unpaired) electrons. The Bertz CT molecular complexity index is 263. The van der Waals surface area contributed by atoms with Gasteiger partial charge in [0.25, 0.3) is 0 Å². The molecule has 0 amide bonds. The molecular formula is C11H17NO2. The molecule has 0 unspecified atom stereocenters. The third-order valence-electron chi connectivity index (χ3n) is 1.78. The lowest BCUT2D eigenvalue weighted by Gasteiger charge is -2.08. The van der Waals surface area contributed by atoms with Crippen LogP contribution >= 0.6 is 0 Å². The topological polar surface area (TPSA) is 30.5 Å². The highest BCUT2D eigenvalue weighted by Crippen LogP contribution is 2.16. The number of methoxy groups -OCH3 is 1. The summed E-state index contributed by atoms with van der Waals surface area (Å²) >= 11 is 0. The van der Waals surface area contributed by atoms with E-state index in [1.165, 1.54) is 0 Å². The fraction of sp³-hybridized carbons (Fsp3) is 0.455. The Hall–Kier alpha value is -1.22. The lowest BCUT2D eigenvalue weighted by atomic mass is 10.3. The third kappa shape index (κ3) is 3.66. The van der Waals surface area contributed by atoms with Crippen LogP contribution in [0.1, 0.15) is 6.92 Å². The Kier molecular flexibility index (Phi) is 4.86. The summed E-state index contributed by atoms with van der Waals surface area (Å²) < 4.78 is 10.3. The minimum Gasteiger partial charge on any atom is -0.494 e. The number of rotatable bonds is 6. The summed E-state index contributed by atoms with van der Waals surface area (Å²) in [5.41, 5.74) is 1.06. The first kappa shape index (κ1) is 10.9. The molecule has 0 heterocycles. The molecule has 0 spiro atoms. The Morgan fingerprint density at radius 3 is 2.93 bits per heavy atom. The van der Waals surface area contributed by atoms with E-state index >= 15 is 0 Å². The molecule has 0 bridgehead atoms. The highest BCUT2D eigenvalue weighted by Gasteiger charge is 1.94. The first-order chi connectivity index (χ1) is 6.86. The van der Waals surface area contributed by atoms with E-state index in [0.29, 0.717) is 13.2 Å². The van der Waals surface area contributed by atoms with Gasteiger partial charge in [0.1, 0.15) is 5.75 Å². The van der Waals surface area contributed by atoms with E-state index in [1.54, 1.807) is 7.11 Å². The number of benzene rings is 1. The van der Waals surface area contributed by atoms with Crippen LogP contribution in [0.5, 0.6) is 5.75 Å². The lowest BCUT2D eigenvalue weighted by molar-refractivity contribution is 0.211. The molecule has 0 fully saturated rings. The second-order valence-electron chi connectivity index (χ2n) is 2.88. The van der Waals surface area contributed by atoms with Crippen molar-refractivity contribution >= 4 is 5.69 Å². The van der Waals surface area contributed by atoms with Crippen molar-refractivity contribution in [1.82, 2.24) is 0 Å². The van der Waals surface area contributed by atoms with E-state index in [4.69, 9.17) is 9.47 Å². The van der Waals surface area contributed by atoms with Gasteiger partial charge in [0.2, 0.25) is 0 Å². The van der Waals surface area contributed by atoms with Gasteiger partial charge in [0, 0.05) is 25.4 Å². The van der Waals surface area contributed by atoms with E-state index in [0.717, 1.165) is 18.0 Å². The summed E-state index contributed by atoms with van der Waals surface area (Å²) in [4.78, 5) is 0. The van der Waals surface area contributed by atoms with Crippen LogP contribution in [0, 0.1) is 0 Å². The maximum absolute atomic E-state index is 5.38. The minimum absolute atomic E-state index is 0.696. The largest absolute Gasteiger partial charge is 0.494 e. The molecule has 0 aromatic heterocycles. The predicted octanol–water partition coefficient (Wildman–Crippen LogP) is 2.14. The van der Waals surface area contributed by atoms with E-state index in [2.05, 4.69) is 5.32 Å². The standard InChI is InChI=1S/C11H17NO2/c1-3-14-11-6-4-5-10(9-11)12-7-8-13-2/h4-6,9,12H,3,7-8H2,1-2H3. The summed E-state index contributed by atoms with van der Waals surface area (Å²) in [6.45, 7) is 4.19. The minimum atomic E-state index is 0.696. The van der Waals surface area contributed by atoms with Gasteiger partial charge in [-0.1, -0.05) is 6.07 Å². The average Bonchev–Trinajstić information content (AvgIpc) is 2.19. The first-order valence-corrected chi connectivity index (χ1v) is 4.82. The number of ether oxygens (including phenoxy) is 2. The van der Waals surface area contributed by atoms with E-state index in [-0.39, 0.29) is 0 Å². The van der Waals surface area contributed by atoms with Gasteiger partial charge in [-0.05, 0) is 19.1 Å². The SMILES string of the molecule is CCOc1cccc(NCCOC)c1. The zero-order chi connectivity index (χ0) is 10.2. The molecule has 3 nitrogen and oxygen atoms in total. The molecule has 0 aliphatic carbocycles. The Morgan fingerprint density at radius 1 is 1.36 bits per heavy atom. The van der Waals surface area contributed by atoms with E-state index in [1.807, 2.05) is 31.2 Å². The molecule has 1 N–H and O–H groups in total. The lowest BCUT2D eigenvalue weighted by Crippen LogP contribution is -2.07. The smallest absolute Gasteiger partial charge is 0.121 e. The summed E-state index contributed by atoms with van der Waals surface area (Å²) in [7, 11) is 1.69. The second-order valence-corrected chi connectivity index (χ2v) is 2.88. The van der Waals surface area contributed by atoms with Crippen LogP contribution in [0.2, 0.25) is 0 Å². The Morgan fingerprint density at radius 2 is 2.21 bits per heavy atom. The van der Waals surface area contributed by atoms with Gasteiger partial charge in [-0.3, -0.25) is 0 Å². The van der Waals surface area contributed by atoms with Gasteiger partial charge >= 0.3 is 0 Å². The van der Waals surface area contributed by atoms with Crippen molar-refractivity contribution in [2.24, 2.45) is 0 Å². The monoisotopic (exact) mass is 195 g/mol. The van der Waals surface area contributed by atoms with Crippen LogP contribution in [0.25, 0.3) is 0 Å². The zero-order valence-electron chi connectivity index (χ0n) is 8.75. The van der Waals surface area contributed by atoms with Gasteiger partial charge in [0.15, 0.2) is 0 Å². The van der Waals surface area contributed by atoms with Crippen molar-refractivity contribution in [3.63, 3.8) is 0 Å². The maximum atomic E-state index is 5.38. The van der Waals surface area contributed by atoms with Crippen LogP contribution in [0.15, 0.2) is 24.3 Å². The van der Waals surface area contributed by atoms with Gasteiger partial charge in [-0.15, -0.1) is 0 Å². The molecule has 1 aromatic carbocycles. The molecule has 78 valence electrons. The Balaban J connectivity index is 2.46. The summed E-state index contributed by atoms with van der Waals surface area (Å²) in [5, 5.41) is 3.24. The van der Waals surface area contributed by atoms with Crippen molar-refractivity contribution in [2.45, 2.75) is 6.92 Å². The van der Waals surface area contributed by atoms with Crippen LogP contribution in [0.4, 0.5) is 5.69 Å². The van der Waals surface area contributed by atoms with Crippen molar-refractivity contribution in [2.75, 3.05) is 32.2 Å². The van der Waals surface area contributed by atoms with Gasteiger partial charge in [-0.2, -0.15) is 0 Å². The molecule has 14 heavy (non-hydrogen) atoms. The molecule has 0 aliphatic heterocycles. The third-order valence-corrected chi connectivity index (χ3v) is 1.78. The quantitative estimate of drug-likeness (QED) is 0.705. The van der Waals surface area contributed by atoms with Gasteiger partial charge in [0.05, 0.1) is 13.2 Å². The maximum Gasteiger partial charge on any atom is 0.121 e. The molecule has 0 saturated carbocycles. The fourth-order valence-electron chi connectivity index (χ4n) is 1.16. The van der Waals surface area contributed by atoms with Gasteiger partial charge < -0.3 is 14.8 Å². The van der Waals surface area contributed by atoms with Crippen molar-refractivity contribution < 1.29 is 9.47 Å².